The zero-order chi connectivity index (χ0) is 19.1. The van der Waals surface area contributed by atoms with Gasteiger partial charge in [-0.25, -0.2) is 18.1 Å². The Labute approximate surface area is 162 Å². The van der Waals surface area contributed by atoms with Crippen molar-refractivity contribution in [3.8, 4) is 22.1 Å². The van der Waals surface area contributed by atoms with Crippen LogP contribution in [0.15, 0.2) is 60.0 Å². The molecule has 0 fully saturated rings. The van der Waals surface area contributed by atoms with Gasteiger partial charge in [0.25, 0.3) is 0 Å². The first-order chi connectivity index (χ1) is 13.1. The van der Waals surface area contributed by atoms with Crippen molar-refractivity contribution in [2.24, 2.45) is 0 Å². The molecular weight excluding hydrogens is 384 g/mol. The van der Waals surface area contributed by atoms with Crippen LogP contribution in [0.4, 0.5) is 0 Å². The highest BCUT2D eigenvalue weighted by Gasteiger charge is 2.12. The lowest BCUT2D eigenvalue weighted by molar-refractivity contribution is 0.339. The lowest BCUT2D eigenvalue weighted by atomic mass is 10.2. The van der Waals surface area contributed by atoms with E-state index < -0.39 is 10.0 Å². The fourth-order valence-electron chi connectivity index (χ4n) is 2.30. The summed E-state index contributed by atoms with van der Waals surface area (Å²) in [7, 11) is -1.87. The third kappa shape index (κ3) is 5.78. The minimum atomic E-state index is -3.45. The SMILES string of the molecule is COc1ccc(OCCS(=O)(=O)NCc2csc(-c3ccccc3)n2)cc1. The summed E-state index contributed by atoms with van der Waals surface area (Å²) in [6, 6.07) is 16.8. The minimum absolute atomic E-state index is 0.0635. The molecule has 27 heavy (non-hydrogen) atoms. The quantitative estimate of drug-likeness (QED) is 0.592. The third-order valence-electron chi connectivity index (χ3n) is 3.73. The second-order valence-corrected chi connectivity index (χ2v) is 8.46. The number of rotatable bonds is 9. The Kier molecular flexibility index (Phi) is 6.44. The molecule has 3 rings (SSSR count). The van der Waals surface area contributed by atoms with Crippen LogP contribution in [0.2, 0.25) is 0 Å². The molecule has 0 aliphatic carbocycles. The van der Waals surface area contributed by atoms with Crippen molar-refractivity contribution in [3.63, 3.8) is 0 Å². The molecule has 0 aliphatic rings. The van der Waals surface area contributed by atoms with E-state index in [1.165, 1.54) is 11.3 Å². The number of hydrogen-bond acceptors (Lipinski definition) is 6. The van der Waals surface area contributed by atoms with Crippen LogP contribution in [0.5, 0.6) is 11.5 Å². The summed E-state index contributed by atoms with van der Waals surface area (Å²) < 4.78 is 37.4. The zero-order valence-electron chi connectivity index (χ0n) is 14.8. The van der Waals surface area contributed by atoms with Gasteiger partial charge in [-0.1, -0.05) is 30.3 Å². The number of nitrogens with zero attached hydrogens (tertiary/aromatic N) is 1. The molecule has 0 aliphatic heterocycles. The lowest BCUT2D eigenvalue weighted by Gasteiger charge is -2.08. The summed E-state index contributed by atoms with van der Waals surface area (Å²) in [5, 5.41) is 2.73. The maximum atomic E-state index is 12.1. The fraction of sp³-hybridized carbons (Fsp3) is 0.211. The second kappa shape index (κ2) is 8.98. The van der Waals surface area contributed by atoms with Gasteiger partial charge >= 0.3 is 0 Å². The van der Waals surface area contributed by atoms with Gasteiger partial charge in [-0.05, 0) is 24.3 Å². The van der Waals surface area contributed by atoms with Crippen molar-refractivity contribution in [2.75, 3.05) is 19.5 Å². The predicted molar refractivity (Wildman–Crippen MR) is 107 cm³/mol. The van der Waals surface area contributed by atoms with Crippen molar-refractivity contribution in [1.82, 2.24) is 9.71 Å². The Morgan fingerprint density at radius 2 is 1.74 bits per heavy atom. The van der Waals surface area contributed by atoms with Crippen LogP contribution in [-0.2, 0) is 16.6 Å². The highest BCUT2D eigenvalue weighted by atomic mass is 32.2. The first kappa shape index (κ1) is 19.3. The third-order valence-corrected chi connectivity index (χ3v) is 5.95. The van der Waals surface area contributed by atoms with E-state index in [4.69, 9.17) is 9.47 Å². The van der Waals surface area contributed by atoms with E-state index in [0.29, 0.717) is 11.4 Å². The van der Waals surface area contributed by atoms with Gasteiger partial charge in [-0.3, -0.25) is 0 Å². The molecule has 2 aromatic carbocycles. The Hall–Kier alpha value is -2.42. The first-order valence-corrected chi connectivity index (χ1v) is 10.8. The molecule has 1 heterocycles. The standard InChI is InChI=1S/C19H20N2O4S2/c1-24-17-7-9-18(10-8-17)25-11-12-27(22,23)20-13-16-14-26-19(21-16)15-5-3-2-4-6-15/h2-10,14,20H,11-13H2,1H3. The highest BCUT2D eigenvalue weighted by Crippen LogP contribution is 2.23. The second-order valence-electron chi connectivity index (χ2n) is 5.67. The topological polar surface area (TPSA) is 77.5 Å². The van der Waals surface area contributed by atoms with Crippen LogP contribution in [0, 0.1) is 0 Å². The van der Waals surface area contributed by atoms with Crippen LogP contribution < -0.4 is 14.2 Å². The maximum absolute atomic E-state index is 12.1. The van der Waals surface area contributed by atoms with Gasteiger partial charge in [0.15, 0.2) is 0 Å². The van der Waals surface area contributed by atoms with Gasteiger partial charge in [0.1, 0.15) is 23.1 Å². The van der Waals surface area contributed by atoms with Crippen molar-refractivity contribution >= 4 is 21.4 Å². The van der Waals surface area contributed by atoms with Crippen LogP contribution in [0.3, 0.4) is 0 Å². The van der Waals surface area contributed by atoms with Crippen molar-refractivity contribution in [1.29, 1.82) is 0 Å². The van der Waals surface area contributed by atoms with E-state index in [-0.39, 0.29) is 18.9 Å². The molecule has 0 amide bonds. The minimum Gasteiger partial charge on any atom is -0.497 e. The maximum Gasteiger partial charge on any atom is 0.215 e. The Bertz CT molecular complexity index is 955. The Morgan fingerprint density at radius 3 is 2.44 bits per heavy atom. The molecule has 6 nitrogen and oxygen atoms in total. The van der Waals surface area contributed by atoms with Crippen molar-refractivity contribution < 1.29 is 17.9 Å². The van der Waals surface area contributed by atoms with E-state index in [1.807, 2.05) is 35.7 Å². The van der Waals surface area contributed by atoms with Gasteiger partial charge in [0, 0.05) is 10.9 Å². The zero-order valence-corrected chi connectivity index (χ0v) is 16.4. The molecule has 0 bridgehead atoms. The molecule has 0 atom stereocenters. The van der Waals surface area contributed by atoms with Gasteiger partial charge in [0.05, 0.1) is 25.1 Å². The summed E-state index contributed by atoms with van der Waals surface area (Å²) in [6.45, 7) is 0.224. The number of nitrogens with one attached hydrogen (secondary N) is 1. The Morgan fingerprint density at radius 1 is 1.04 bits per heavy atom. The fourth-order valence-corrected chi connectivity index (χ4v) is 3.94. The summed E-state index contributed by atoms with van der Waals surface area (Å²) >= 11 is 1.49. The summed E-state index contributed by atoms with van der Waals surface area (Å²) in [4.78, 5) is 4.48. The number of benzene rings is 2. The van der Waals surface area contributed by atoms with E-state index in [0.717, 1.165) is 16.3 Å². The largest absolute Gasteiger partial charge is 0.497 e. The van der Waals surface area contributed by atoms with Gasteiger partial charge in [-0.2, -0.15) is 0 Å². The number of methoxy groups -OCH3 is 1. The highest BCUT2D eigenvalue weighted by molar-refractivity contribution is 7.89. The number of sulfonamides is 1. The molecule has 3 aromatic rings. The van der Waals surface area contributed by atoms with Gasteiger partial charge < -0.3 is 9.47 Å². The van der Waals surface area contributed by atoms with Crippen molar-refractivity contribution in [2.45, 2.75) is 6.54 Å². The summed E-state index contributed by atoms with van der Waals surface area (Å²) in [5.74, 6) is 1.18. The number of thiazole rings is 1. The van der Waals surface area contributed by atoms with E-state index in [2.05, 4.69) is 9.71 Å². The summed E-state index contributed by atoms with van der Waals surface area (Å²) in [5.41, 5.74) is 1.71. The van der Waals surface area contributed by atoms with E-state index in [1.54, 1.807) is 31.4 Å². The molecular formula is C19H20N2O4S2. The average molecular weight is 405 g/mol. The molecule has 8 heteroatoms. The molecule has 0 unspecified atom stereocenters. The molecule has 1 N–H and O–H groups in total. The van der Waals surface area contributed by atoms with Crippen LogP contribution in [-0.4, -0.2) is 32.9 Å². The number of hydrogen-bond donors (Lipinski definition) is 1. The van der Waals surface area contributed by atoms with Gasteiger partial charge in [0.2, 0.25) is 10.0 Å². The molecule has 0 spiro atoms. The molecule has 0 saturated heterocycles. The van der Waals surface area contributed by atoms with E-state index in [9.17, 15) is 8.42 Å². The predicted octanol–water partition coefficient (Wildman–Crippen LogP) is 3.32. The van der Waals surface area contributed by atoms with Crippen molar-refractivity contribution in [3.05, 3.63) is 65.7 Å². The molecule has 1 aromatic heterocycles. The first-order valence-electron chi connectivity index (χ1n) is 8.30. The van der Waals surface area contributed by atoms with E-state index >= 15 is 0 Å². The molecule has 0 saturated carbocycles. The average Bonchev–Trinajstić information content (AvgIpc) is 3.17. The monoisotopic (exact) mass is 404 g/mol. The van der Waals surface area contributed by atoms with Crippen LogP contribution in [0.25, 0.3) is 10.6 Å². The number of ether oxygens (including phenoxy) is 2. The normalized spacial score (nSPS) is 11.3. The smallest absolute Gasteiger partial charge is 0.215 e. The van der Waals surface area contributed by atoms with Gasteiger partial charge in [-0.15, -0.1) is 11.3 Å². The number of aromatic nitrogens is 1. The lowest BCUT2D eigenvalue weighted by Crippen LogP contribution is -2.28. The molecule has 142 valence electrons. The molecule has 0 radical (unpaired) electrons. The summed E-state index contributed by atoms with van der Waals surface area (Å²) in [6.07, 6.45) is 0. The van der Waals surface area contributed by atoms with Crippen LogP contribution >= 0.6 is 11.3 Å². The Balaban J connectivity index is 1.47. The van der Waals surface area contributed by atoms with Crippen LogP contribution in [0.1, 0.15) is 5.69 Å².